The van der Waals surface area contributed by atoms with Gasteiger partial charge in [0.25, 0.3) is 0 Å². The first-order valence-electron chi connectivity index (χ1n) is 8.37. The summed E-state index contributed by atoms with van der Waals surface area (Å²) in [5.41, 5.74) is -0.580. The lowest BCUT2D eigenvalue weighted by Crippen LogP contribution is -2.53. The number of esters is 1. The average Bonchev–Trinajstić information content (AvgIpc) is 2.82. The fourth-order valence-electron chi connectivity index (χ4n) is 3.22. The van der Waals surface area contributed by atoms with Crippen LogP contribution in [0.4, 0.5) is 0 Å². The smallest absolute Gasteiger partial charge is 0.326 e. The zero-order chi connectivity index (χ0) is 15.3. The molecule has 0 amide bonds. The van der Waals surface area contributed by atoms with Crippen LogP contribution in [0.15, 0.2) is 0 Å². The van der Waals surface area contributed by atoms with E-state index < -0.39 is 5.54 Å². The number of nitrogens with zero attached hydrogens (tertiary/aromatic N) is 1. The van der Waals surface area contributed by atoms with Crippen molar-refractivity contribution in [3.63, 3.8) is 0 Å². The first-order chi connectivity index (χ1) is 10.1. The summed E-state index contributed by atoms with van der Waals surface area (Å²) < 4.78 is 11.1. The molecule has 0 radical (unpaired) electrons. The van der Waals surface area contributed by atoms with Gasteiger partial charge in [-0.15, -0.1) is 0 Å². The molecular formula is C16H30N2O3. The summed E-state index contributed by atoms with van der Waals surface area (Å²) in [6.45, 7) is 10.1. The van der Waals surface area contributed by atoms with Gasteiger partial charge < -0.3 is 14.8 Å². The SMILES string of the molecule is CCCNC(C)(CCN1CC2CCC(C1)O2)C(=O)OCC. The van der Waals surface area contributed by atoms with E-state index in [1.807, 2.05) is 13.8 Å². The Morgan fingerprint density at radius 3 is 2.57 bits per heavy atom. The molecule has 0 aromatic rings. The summed E-state index contributed by atoms with van der Waals surface area (Å²) >= 11 is 0. The highest BCUT2D eigenvalue weighted by Gasteiger charge is 2.37. The van der Waals surface area contributed by atoms with Crippen LogP contribution in [0.3, 0.4) is 0 Å². The fraction of sp³-hybridized carbons (Fsp3) is 0.938. The highest BCUT2D eigenvalue weighted by molar-refractivity contribution is 5.80. The van der Waals surface area contributed by atoms with Gasteiger partial charge in [0.05, 0.1) is 18.8 Å². The number of rotatable bonds is 8. The maximum Gasteiger partial charge on any atom is 0.326 e. The molecule has 2 aliphatic heterocycles. The molecule has 0 spiro atoms. The molecule has 5 nitrogen and oxygen atoms in total. The predicted molar refractivity (Wildman–Crippen MR) is 82.3 cm³/mol. The molecule has 0 aromatic heterocycles. The van der Waals surface area contributed by atoms with Crippen molar-refractivity contribution in [2.75, 3.05) is 32.8 Å². The van der Waals surface area contributed by atoms with Crippen LogP contribution in [0.25, 0.3) is 0 Å². The number of morpholine rings is 1. The van der Waals surface area contributed by atoms with Crippen LogP contribution in [0, 0.1) is 0 Å². The Kier molecular flexibility index (Phi) is 6.02. The van der Waals surface area contributed by atoms with Gasteiger partial charge in [0, 0.05) is 19.6 Å². The Hall–Kier alpha value is -0.650. The molecule has 1 N–H and O–H groups in total. The molecule has 2 heterocycles. The molecule has 3 unspecified atom stereocenters. The summed E-state index contributed by atoms with van der Waals surface area (Å²) in [5.74, 6) is -0.130. The average molecular weight is 298 g/mol. The van der Waals surface area contributed by atoms with Gasteiger partial charge >= 0.3 is 5.97 Å². The molecule has 21 heavy (non-hydrogen) atoms. The van der Waals surface area contributed by atoms with Gasteiger partial charge in [-0.3, -0.25) is 9.69 Å². The van der Waals surface area contributed by atoms with Crippen molar-refractivity contribution in [1.29, 1.82) is 0 Å². The van der Waals surface area contributed by atoms with Gasteiger partial charge in [0.15, 0.2) is 0 Å². The van der Waals surface area contributed by atoms with Crippen molar-refractivity contribution in [2.45, 2.75) is 64.2 Å². The van der Waals surface area contributed by atoms with Gasteiger partial charge in [-0.25, -0.2) is 0 Å². The molecular weight excluding hydrogens is 268 g/mol. The highest BCUT2D eigenvalue weighted by Crippen LogP contribution is 2.27. The first-order valence-corrected chi connectivity index (χ1v) is 8.37. The third-order valence-corrected chi connectivity index (χ3v) is 4.54. The lowest BCUT2D eigenvalue weighted by atomic mass is 9.97. The van der Waals surface area contributed by atoms with Crippen molar-refractivity contribution in [3.05, 3.63) is 0 Å². The van der Waals surface area contributed by atoms with E-state index in [0.29, 0.717) is 18.8 Å². The summed E-state index contributed by atoms with van der Waals surface area (Å²) in [5, 5.41) is 3.38. The third-order valence-electron chi connectivity index (χ3n) is 4.54. The summed E-state index contributed by atoms with van der Waals surface area (Å²) in [6, 6.07) is 0. The molecule has 0 saturated carbocycles. The second-order valence-corrected chi connectivity index (χ2v) is 6.45. The highest BCUT2D eigenvalue weighted by atomic mass is 16.5. The number of carbonyl (C=O) groups excluding carboxylic acids is 1. The molecule has 2 saturated heterocycles. The standard InChI is InChI=1S/C16H30N2O3/c1-4-9-17-16(3,15(19)20-5-2)8-10-18-11-13-6-7-14(12-18)21-13/h13-14,17H,4-12H2,1-3H3. The number of nitrogens with one attached hydrogen (secondary N) is 1. The first kappa shape index (κ1) is 16.7. The third kappa shape index (κ3) is 4.41. The number of hydrogen-bond donors (Lipinski definition) is 1. The molecule has 2 aliphatic rings. The second-order valence-electron chi connectivity index (χ2n) is 6.45. The minimum atomic E-state index is -0.580. The van der Waals surface area contributed by atoms with Crippen LogP contribution in [-0.2, 0) is 14.3 Å². The van der Waals surface area contributed by atoms with Gasteiger partial charge in [-0.05, 0) is 46.1 Å². The lowest BCUT2D eigenvalue weighted by Gasteiger charge is -2.35. The molecule has 5 heteroatoms. The molecule has 3 atom stereocenters. The normalized spacial score (nSPS) is 28.3. The maximum atomic E-state index is 12.3. The van der Waals surface area contributed by atoms with E-state index in [1.54, 1.807) is 0 Å². The Labute approximate surface area is 128 Å². The van der Waals surface area contributed by atoms with Crippen LogP contribution in [0.1, 0.15) is 46.5 Å². The van der Waals surface area contributed by atoms with Crippen LogP contribution in [0.2, 0.25) is 0 Å². The molecule has 2 rings (SSSR count). The second kappa shape index (κ2) is 7.56. The summed E-state index contributed by atoms with van der Waals surface area (Å²) in [4.78, 5) is 14.7. The van der Waals surface area contributed by atoms with Crippen molar-refractivity contribution in [1.82, 2.24) is 10.2 Å². The number of carbonyl (C=O) groups is 1. The van der Waals surface area contributed by atoms with E-state index in [0.717, 1.165) is 39.0 Å². The van der Waals surface area contributed by atoms with Gasteiger partial charge in [0.2, 0.25) is 0 Å². The van der Waals surface area contributed by atoms with Crippen LogP contribution in [0.5, 0.6) is 0 Å². The van der Waals surface area contributed by atoms with E-state index in [4.69, 9.17) is 9.47 Å². The molecule has 0 aliphatic carbocycles. The van der Waals surface area contributed by atoms with Crippen molar-refractivity contribution < 1.29 is 14.3 Å². The van der Waals surface area contributed by atoms with Crippen LogP contribution in [-0.4, -0.2) is 61.4 Å². The Bertz CT molecular complexity index is 338. The van der Waals surface area contributed by atoms with Crippen LogP contribution >= 0.6 is 0 Å². The van der Waals surface area contributed by atoms with E-state index in [2.05, 4.69) is 17.1 Å². The number of fused-ring (bicyclic) bond motifs is 2. The Morgan fingerprint density at radius 2 is 2.00 bits per heavy atom. The minimum absolute atomic E-state index is 0.130. The monoisotopic (exact) mass is 298 g/mol. The number of likely N-dealkylation sites (tertiary alicyclic amines) is 1. The summed E-state index contributed by atoms with van der Waals surface area (Å²) in [7, 11) is 0. The van der Waals surface area contributed by atoms with E-state index in [1.165, 1.54) is 12.8 Å². The van der Waals surface area contributed by atoms with E-state index in [9.17, 15) is 4.79 Å². The fourth-order valence-corrected chi connectivity index (χ4v) is 3.22. The predicted octanol–water partition coefficient (Wildman–Crippen LogP) is 1.56. The van der Waals surface area contributed by atoms with E-state index in [-0.39, 0.29) is 5.97 Å². The maximum absolute atomic E-state index is 12.3. The van der Waals surface area contributed by atoms with Crippen molar-refractivity contribution in [3.8, 4) is 0 Å². The summed E-state index contributed by atoms with van der Waals surface area (Å²) in [6.07, 6.45) is 4.97. The zero-order valence-electron chi connectivity index (χ0n) is 13.7. The molecule has 2 fully saturated rings. The molecule has 2 bridgehead atoms. The van der Waals surface area contributed by atoms with Gasteiger partial charge in [-0.1, -0.05) is 6.92 Å². The Balaban J connectivity index is 1.87. The van der Waals surface area contributed by atoms with Gasteiger partial charge in [-0.2, -0.15) is 0 Å². The molecule has 122 valence electrons. The van der Waals surface area contributed by atoms with Crippen molar-refractivity contribution >= 4 is 5.97 Å². The van der Waals surface area contributed by atoms with Crippen molar-refractivity contribution in [2.24, 2.45) is 0 Å². The van der Waals surface area contributed by atoms with Gasteiger partial charge in [0.1, 0.15) is 5.54 Å². The van der Waals surface area contributed by atoms with Crippen LogP contribution < -0.4 is 5.32 Å². The largest absolute Gasteiger partial charge is 0.465 e. The minimum Gasteiger partial charge on any atom is -0.465 e. The molecule has 0 aromatic carbocycles. The number of hydrogen-bond acceptors (Lipinski definition) is 5. The topological polar surface area (TPSA) is 50.8 Å². The Morgan fingerprint density at radius 1 is 1.33 bits per heavy atom. The van der Waals surface area contributed by atoms with E-state index >= 15 is 0 Å². The quantitative estimate of drug-likeness (QED) is 0.689. The lowest BCUT2D eigenvalue weighted by molar-refractivity contribution is -0.151. The zero-order valence-corrected chi connectivity index (χ0v) is 13.7. The number of ether oxygens (including phenoxy) is 2.